The maximum Gasteiger partial charge on any atom is 0.342 e. The fourth-order valence-electron chi connectivity index (χ4n) is 2.78. The van der Waals surface area contributed by atoms with Gasteiger partial charge in [0.05, 0.1) is 6.07 Å². The number of carbonyl (C=O) groups excluding carboxylic acids is 2. The van der Waals surface area contributed by atoms with Crippen LogP contribution in [0.15, 0.2) is 60.7 Å². The van der Waals surface area contributed by atoms with Gasteiger partial charge in [-0.05, 0) is 18.2 Å². The molecular formula is C21H16N2O5. The van der Waals surface area contributed by atoms with Gasteiger partial charge in [0.25, 0.3) is 5.91 Å². The first kappa shape index (κ1) is 18.7. The summed E-state index contributed by atoms with van der Waals surface area (Å²) in [6.45, 7) is -0.829. The Kier molecular flexibility index (Phi) is 5.42. The quantitative estimate of drug-likeness (QED) is 0.402. The van der Waals surface area contributed by atoms with Crippen molar-refractivity contribution in [3.05, 3.63) is 66.2 Å². The zero-order valence-electron chi connectivity index (χ0n) is 14.7. The van der Waals surface area contributed by atoms with E-state index in [1.54, 1.807) is 54.6 Å². The molecule has 0 saturated heterocycles. The van der Waals surface area contributed by atoms with E-state index in [0.717, 1.165) is 6.07 Å². The van der Waals surface area contributed by atoms with Gasteiger partial charge in [-0.2, -0.15) is 5.26 Å². The Labute approximate surface area is 160 Å². The number of phenols is 2. The van der Waals surface area contributed by atoms with Crippen molar-refractivity contribution in [3.63, 3.8) is 0 Å². The van der Waals surface area contributed by atoms with Crippen LogP contribution in [0.3, 0.4) is 0 Å². The fourth-order valence-corrected chi connectivity index (χ4v) is 2.78. The molecule has 28 heavy (non-hydrogen) atoms. The standard InChI is InChI=1S/C21H16N2O5/c22-10-11-23(14-6-2-1-3-7-14)19(25)13-28-21(27)17-12-18(24)15-8-4-5-9-16(15)20(17)26/h1-9,12,24,26H,11,13H2. The van der Waals surface area contributed by atoms with Crippen LogP contribution in [-0.4, -0.2) is 35.2 Å². The van der Waals surface area contributed by atoms with Gasteiger partial charge in [0.1, 0.15) is 23.6 Å². The summed E-state index contributed by atoms with van der Waals surface area (Å²) in [6.07, 6.45) is 0. The van der Waals surface area contributed by atoms with Gasteiger partial charge in [-0.25, -0.2) is 4.79 Å². The highest BCUT2D eigenvalue weighted by Gasteiger charge is 2.21. The van der Waals surface area contributed by atoms with Gasteiger partial charge in [-0.15, -0.1) is 0 Å². The van der Waals surface area contributed by atoms with Gasteiger partial charge in [0, 0.05) is 16.5 Å². The van der Waals surface area contributed by atoms with Crippen LogP contribution in [0.5, 0.6) is 11.5 Å². The van der Waals surface area contributed by atoms with Crippen LogP contribution in [0.4, 0.5) is 5.69 Å². The molecule has 0 heterocycles. The first-order valence-corrected chi connectivity index (χ1v) is 8.36. The average Bonchev–Trinajstić information content (AvgIpc) is 2.73. The highest BCUT2D eigenvalue weighted by atomic mass is 16.5. The lowest BCUT2D eigenvalue weighted by molar-refractivity contribution is -0.121. The summed E-state index contributed by atoms with van der Waals surface area (Å²) in [4.78, 5) is 26.0. The number of fused-ring (bicyclic) bond motifs is 1. The number of esters is 1. The van der Waals surface area contributed by atoms with Gasteiger partial charge < -0.3 is 14.9 Å². The maximum absolute atomic E-state index is 12.4. The van der Waals surface area contributed by atoms with Crippen molar-refractivity contribution in [3.8, 4) is 17.6 Å². The summed E-state index contributed by atoms with van der Waals surface area (Å²) < 4.78 is 5.01. The third-order valence-electron chi connectivity index (χ3n) is 4.14. The highest BCUT2D eigenvalue weighted by Crippen LogP contribution is 2.35. The lowest BCUT2D eigenvalue weighted by Gasteiger charge is -2.19. The molecule has 7 heteroatoms. The van der Waals surface area contributed by atoms with Crippen molar-refractivity contribution >= 4 is 28.3 Å². The molecule has 0 atom stereocenters. The SMILES string of the molecule is N#CCN(C(=O)COC(=O)c1cc(O)c2ccccc2c1O)c1ccccc1. The van der Waals surface area contributed by atoms with Crippen molar-refractivity contribution in [1.29, 1.82) is 5.26 Å². The summed E-state index contributed by atoms with van der Waals surface area (Å²) in [5.74, 6) is -2.09. The lowest BCUT2D eigenvalue weighted by Crippen LogP contribution is -2.35. The summed E-state index contributed by atoms with van der Waals surface area (Å²) in [5, 5.41) is 30.0. The Morgan fingerprint density at radius 1 is 1.00 bits per heavy atom. The van der Waals surface area contributed by atoms with E-state index in [2.05, 4.69) is 0 Å². The van der Waals surface area contributed by atoms with Crippen LogP contribution < -0.4 is 4.90 Å². The molecule has 1 amide bonds. The number of hydrogen-bond donors (Lipinski definition) is 2. The molecule has 0 aromatic heterocycles. The monoisotopic (exact) mass is 376 g/mol. The van der Waals surface area contributed by atoms with E-state index < -0.39 is 18.5 Å². The van der Waals surface area contributed by atoms with Crippen LogP contribution >= 0.6 is 0 Å². The summed E-state index contributed by atoms with van der Waals surface area (Å²) in [7, 11) is 0. The second-order valence-corrected chi connectivity index (χ2v) is 5.89. The summed E-state index contributed by atoms with van der Waals surface area (Å²) >= 11 is 0. The van der Waals surface area contributed by atoms with Crippen molar-refractivity contribution in [2.45, 2.75) is 0 Å². The maximum atomic E-state index is 12.4. The number of nitriles is 1. The van der Waals surface area contributed by atoms with E-state index >= 15 is 0 Å². The third kappa shape index (κ3) is 3.71. The number of nitrogens with zero attached hydrogens (tertiary/aromatic N) is 2. The predicted octanol–water partition coefficient (Wildman–Crippen LogP) is 2.96. The average molecular weight is 376 g/mol. The van der Waals surface area contributed by atoms with Crippen molar-refractivity contribution in [2.75, 3.05) is 18.1 Å². The second-order valence-electron chi connectivity index (χ2n) is 5.89. The molecular weight excluding hydrogens is 360 g/mol. The number of ether oxygens (including phenoxy) is 1. The molecule has 0 fully saturated rings. The molecule has 0 aliphatic carbocycles. The number of hydrogen-bond acceptors (Lipinski definition) is 6. The Balaban J connectivity index is 1.78. The van der Waals surface area contributed by atoms with E-state index in [0.29, 0.717) is 11.1 Å². The van der Waals surface area contributed by atoms with E-state index in [-0.39, 0.29) is 29.0 Å². The lowest BCUT2D eigenvalue weighted by atomic mass is 10.0. The minimum Gasteiger partial charge on any atom is -0.507 e. The summed E-state index contributed by atoms with van der Waals surface area (Å²) in [5.41, 5.74) is 0.242. The van der Waals surface area contributed by atoms with Crippen molar-refractivity contribution in [2.24, 2.45) is 0 Å². The number of amides is 1. The molecule has 0 aliphatic heterocycles. The largest absolute Gasteiger partial charge is 0.507 e. The molecule has 0 unspecified atom stereocenters. The van der Waals surface area contributed by atoms with Crippen LogP contribution in [0.1, 0.15) is 10.4 Å². The molecule has 140 valence electrons. The smallest absolute Gasteiger partial charge is 0.342 e. The van der Waals surface area contributed by atoms with Crippen molar-refractivity contribution in [1.82, 2.24) is 0 Å². The number of para-hydroxylation sites is 1. The third-order valence-corrected chi connectivity index (χ3v) is 4.14. The first-order chi connectivity index (χ1) is 13.5. The Morgan fingerprint density at radius 3 is 2.32 bits per heavy atom. The number of carbonyl (C=O) groups is 2. The molecule has 3 rings (SSSR count). The van der Waals surface area contributed by atoms with Gasteiger partial charge in [-0.3, -0.25) is 9.69 Å². The first-order valence-electron chi connectivity index (χ1n) is 8.36. The minimum absolute atomic E-state index is 0.193. The van der Waals surface area contributed by atoms with Gasteiger partial charge in [0.15, 0.2) is 6.61 Å². The Morgan fingerprint density at radius 2 is 1.64 bits per heavy atom. The van der Waals surface area contributed by atoms with Crippen molar-refractivity contribution < 1.29 is 24.5 Å². The zero-order chi connectivity index (χ0) is 20.1. The molecule has 0 bridgehead atoms. The number of phenolic OH excluding ortho intramolecular Hbond substituents is 2. The highest BCUT2D eigenvalue weighted by molar-refractivity contribution is 6.04. The van der Waals surface area contributed by atoms with Crippen LogP contribution in [0.25, 0.3) is 10.8 Å². The van der Waals surface area contributed by atoms with Crippen LogP contribution in [-0.2, 0) is 9.53 Å². The fraction of sp³-hybridized carbons (Fsp3) is 0.0952. The van der Waals surface area contributed by atoms with E-state index in [1.165, 1.54) is 4.90 Å². The molecule has 7 nitrogen and oxygen atoms in total. The molecule has 2 N–H and O–H groups in total. The Bertz CT molecular complexity index is 1070. The predicted molar refractivity (Wildman–Crippen MR) is 102 cm³/mol. The molecule has 0 saturated carbocycles. The minimum atomic E-state index is -0.961. The second kappa shape index (κ2) is 8.10. The molecule has 0 aliphatic rings. The van der Waals surface area contributed by atoms with E-state index in [4.69, 9.17) is 10.00 Å². The summed E-state index contributed by atoms with van der Waals surface area (Å²) in [6, 6.07) is 18.0. The van der Waals surface area contributed by atoms with Crippen LogP contribution in [0, 0.1) is 11.3 Å². The number of aromatic hydroxyl groups is 2. The van der Waals surface area contributed by atoms with Gasteiger partial charge >= 0.3 is 5.97 Å². The topological polar surface area (TPSA) is 111 Å². The van der Waals surface area contributed by atoms with E-state index in [1.807, 2.05) is 6.07 Å². The van der Waals surface area contributed by atoms with Gasteiger partial charge in [-0.1, -0.05) is 42.5 Å². The van der Waals surface area contributed by atoms with Gasteiger partial charge in [0.2, 0.25) is 0 Å². The Hall–Kier alpha value is -4.05. The number of benzene rings is 3. The number of anilines is 1. The molecule has 3 aromatic rings. The molecule has 0 radical (unpaired) electrons. The van der Waals surface area contributed by atoms with E-state index in [9.17, 15) is 19.8 Å². The molecule has 0 spiro atoms. The zero-order valence-corrected chi connectivity index (χ0v) is 14.7. The molecule has 3 aromatic carbocycles. The van der Waals surface area contributed by atoms with Crippen LogP contribution in [0.2, 0.25) is 0 Å². The normalized spacial score (nSPS) is 10.2. The number of rotatable bonds is 5.